The van der Waals surface area contributed by atoms with E-state index < -0.39 is 5.60 Å². The number of fused-ring (bicyclic) bond motifs is 1. The van der Waals surface area contributed by atoms with Crippen molar-refractivity contribution in [2.24, 2.45) is 11.7 Å². The van der Waals surface area contributed by atoms with E-state index in [1.54, 1.807) is 7.11 Å². The van der Waals surface area contributed by atoms with Gasteiger partial charge in [0.2, 0.25) is 5.91 Å². The highest BCUT2D eigenvalue weighted by atomic mass is 16.5. The number of primary amides is 1. The number of piperidine rings is 1. The molecule has 1 saturated carbocycles. The van der Waals surface area contributed by atoms with Crippen molar-refractivity contribution in [3.8, 4) is 5.75 Å². The second kappa shape index (κ2) is 6.49. The van der Waals surface area contributed by atoms with Gasteiger partial charge in [-0.25, -0.2) is 0 Å². The lowest BCUT2D eigenvalue weighted by atomic mass is 9.66. The highest BCUT2D eigenvalue weighted by Crippen LogP contribution is 2.50. The first-order valence-electron chi connectivity index (χ1n) is 8.43. The molecule has 1 aromatic rings. The van der Waals surface area contributed by atoms with Gasteiger partial charge in [-0.3, -0.25) is 9.69 Å². The van der Waals surface area contributed by atoms with Gasteiger partial charge in [0.25, 0.3) is 0 Å². The highest BCUT2D eigenvalue weighted by molar-refractivity contribution is 5.76. The molecule has 1 aliphatic carbocycles. The Morgan fingerprint density at radius 1 is 1.39 bits per heavy atom. The summed E-state index contributed by atoms with van der Waals surface area (Å²) in [5, 5.41) is 11.2. The lowest BCUT2D eigenvalue weighted by Crippen LogP contribution is -2.56. The van der Waals surface area contributed by atoms with Crippen LogP contribution in [-0.2, 0) is 4.79 Å². The minimum atomic E-state index is -0.641. The summed E-state index contributed by atoms with van der Waals surface area (Å²) in [6.45, 7) is 0.897. The molecular weight excluding hydrogens is 292 g/mol. The minimum Gasteiger partial charge on any atom is -0.496 e. The van der Waals surface area contributed by atoms with E-state index in [1.807, 2.05) is 24.3 Å². The number of nitrogens with zero attached hydrogens (tertiary/aromatic N) is 1. The van der Waals surface area contributed by atoms with Crippen LogP contribution < -0.4 is 10.5 Å². The molecule has 5 nitrogen and oxygen atoms in total. The molecule has 3 atom stereocenters. The van der Waals surface area contributed by atoms with Crippen molar-refractivity contribution >= 4 is 5.91 Å². The first-order valence-corrected chi connectivity index (χ1v) is 8.43. The number of rotatable bonds is 4. The number of hydrogen-bond acceptors (Lipinski definition) is 4. The van der Waals surface area contributed by atoms with Crippen LogP contribution in [0.5, 0.6) is 5.75 Å². The zero-order valence-electron chi connectivity index (χ0n) is 13.7. The van der Waals surface area contributed by atoms with Crippen molar-refractivity contribution in [1.29, 1.82) is 0 Å². The van der Waals surface area contributed by atoms with Crippen molar-refractivity contribution in [3.63, 3.8) is 0 Å². The summed E-state index contributed by atoms with van der Waals surface area (Å²) >= 11 is 0. The molecular formula is C18H26N2O3. The zero-order valence-corrected chi connectivity index (χ0v) is 13.7. The molecule has 1 aliphatic heterocycles. The average Bonchev–Trinajstić information content (AvgIpc) is 2.54. The van der Waals surface area contributed by atoms with E-state index in [1.165, 1.54) is 0 Å². The summed E-state index contributed by atoms with van der Waals surface area (Å²) in [5.74, 6) is 0.591. The molecule has 2 aliphatic rings. The molecule has 3 N–H and O–H groups in total. The molecule has 3 rings (SSSR count). The zero-order chi connectivity index (χ0) is 16.4. The number of benzene rings is 1. The third kappa shape index (κ3) is 3.08. The monoisotopic (exact) mass is 318 g/mol. The van der Waals surface area contributed by atoms with E-state index in [4.69, 9.17) is 10.5 Å². The molecule has 1 heterocycles. The van der Waals surface area contributed by atoms with Crippen LogP contribution in [0.25, 0.3) is 0 Å². The molecule has 1 aromatic carbocycles. The Morgan fingerprint density at radius 3 is 2.91 bits per heavy atom. The van der Waals surface area contributed by atoms with Gasteiger partial charge in [-0.1, -0.05) is 31.0 Å². The SMILES string of the molecule is COc1ccccc1[C@H]1[C@@H]2CCCC[C@@]2(O)CCN1CC(N)=O. The maximum absolute atomic E-state index is 11.5. The van der Waals surface area contributed by atoms with Crippen molar-refractivity contribution < 1.29 is 14.6 Å². The van der Waals surface area contributed by atoms with Crippen LogP contribution in [0.4, 0.5) is 0 Å². The number of ether oxygens (including phenoxy) is 1. The normalized spacial score (nSPS) is 31.4. The summed E-state index contributed by atoms with van der Waals surface area (Å²) in [5.41, 5.74) is 5.86. The summed E-state index contributed by atoms with van der Waals surface area (Å²) in [6, 6.07) is 7.87. The van der Waals surface area contributed by atoms with E-state index in [9.17, 15) is 9.90 Å². The van der Waals surface area contributed by atoms with E-state index in [2.05, 4.69) is 4.90 Å². The maximum atomic E-state index is 11.5. The predicted octanol–water partition coefficient (Wildman–Crippen LogP) is 1.85. The fraction of sp³-hybridized carbons (Fsp3) is 0.611. The molecule has 0 unspecified atom stereocenters. The fourth-order valence-corrected chi connectivity index (χ4v) is 4.44. The van der Waals surface area contributed by atoms with E-state index in [-0.39, 0.29) is 24.4 Å². The topological polar surface area (TPSA) is 75.8 Å². The van der Waals surface area contributed by atoms with Crippen LogP contribution in [0.2, 0.25) is 0 Å². The number of carbonyl (C=O) groups excluding carboxylic acids is 1. The number of aliphatic hydroxyl groups is 1. The van der Waals surface area contributed by atoms with Gasteiger partial charge >= 0.3 is 0 Å². The average molecular weight is 318 g/mol. The summed E-state index contributed by atoms with van der Waals surface area (Å²) < 4.78 is 5.54. The van der Waals surface area contributed by atoms with Crippen LogP contribution in [0.15, 0.2) is 24.3 Å². The number of para-hydroxylation sites is 1. The van der Waals surface area contributed by atoms with Crippen LogP contribution in [0, 0.1) is 5.92 Å². The first kappa shape index (κ1) is 16.3. The van der Waals surface area contributed by atoms with Gasteiger partial charge in [0, 0.05) is 24.1 Å². The second-order valence-electron chi connectivity index (χ2n) is 6.83. The van der Waals surface area contributed by atoms with E-state index in [0.29, 0.717) is 13.0 Å². The number of carbonyl (C=O) groups is 1. The van der Waals surface area contributed by atoms with Crippen LogP contribution in [0.3, 0.4) is 0 Å². The van der Waals surface area contributed by atoms with E-state index >= 15 is 0 Å². The Morgan fingerprint density at radius 2 is 2.17 bits per heavy atom. The molecule has 1 amide bonds. The Bertz CT molecular complexity index is 577. The van der Waals surface area contributed by atoms with Crippen molar-refractivity contribution in [2.75, 3.05) is 20.2 Å². The fourth-order valence-electron chi connectivity index (χ4n) is 4.44. The quantitative estimate of drug-likeness (QED) is 0.888. The van der Waals surface area contributed by atoms with Crippen molar-refractivity contribution in [3.05, 3.63) is 29.8 Å². The second-order valence-corrected chi connectivity index (χ2v) is 6.83. The summed E-state index contributed by atoms with van der Waals surface area (Å²) in [6.07, 6.45) is 4.70. The lowest BCUT2D eigenvalue weighted by Gasteiger charge is -2.52. The summed E-state index contributed by atoms with van der Waals surface area (Å²) in [7, 11) is 1.66. The van der Waals surface area contributed by atoms with Gasteiger partial charge in [0.05, 0.1) is 19.3 Å². The number of amides is 1. The standard InChI is InChI=1S/C18H26N2O3/c1-23-15-8-3-2-6-13(15)17-14-7-4-5-9-18(14,22)10-11-20(17)12-16(19)21/h2-3,6,8,14,17,22H,4-5,7,9-12H2,1H3,(H2,19,21)/t14-,17-,18+/m0/s1. The lowest BCUT2D eigenvalue weighted by molar-refractivity contribution is -0.136. The Balaban J connectivity index is 2.02. The van der Waals surface area contributed by atoms with Crippen molar-refractivity contribution in [1.82, 2.24) is 4.90 Å². The van der Waals surface area contributed by atoms with Crippen LogP contribution in [-0.4, -0.2) is 41.7 Å². The minimum absolute atomic E-state index is 0.0299. The molecule has 5 heteroatoms. The Hall–Kier alpha value is -1.59. The van der Waals surface area contributed by atoms with Crippen LogP contribution in [0.1, 0.15) is 43.7 Å². The predicted molar refractivity (Wildman–Crippen MR) is 88.0 cm³/mol. The molecule has 0 spiro atoms. The largest absolute Gasteiger partial charge is 0.496 e. The Labute approximate surface area is 137 Å². The Kier molecular flexibility index (Phi) is 4.60. The molecule has 23 heavy (non-hydrogen) atoms. The van der Waals surface area contributed by atoms with Gasteiger partial charge in [-0.05, 0) is 25.3 Å². The van der Waals surface area contributed by atoms with Gasteiger partial charge in [-0.15, -0.1) is 0 Å². The third-order valence-corrected chi connectivity index (χ3v) is 5.49. The van der Waals surface area contributed by atoms with Gasteiger partial charge in [0.15, 0.2) is 0 Å². The van der Waals surface area contributed by atoms with E-state index in [0.717, 1.165) is 37.0 Å². The smallest absolute Gasteiger partial charge is 0.231 e. The molecule has 0 aromatic heterocycles. The summed E-state index contributed by atoms with van der Waals surface area (Å²) in [4.78, 5) is 13.6. The molecule has 126 valence electrons. The number of likely N-dealkylation sites (tertiary alicyclic amines) is 1. The molecule has 0 bridgehead atoms. The third-order valence-electron chi connectivity index (χ3n) is 5.49. The number of nitrogens with two attached hydrogens (primary N) is 1. The molecule has 2 fully saturated rings. The number of hydrogen-bond donors (Lipinski definition) is 2. The van der Waals surface area contributed by atoms with Gasteiger partial charge in [-0.2, -0.15) is 0 Å². The first-order chi connectivity index (χ1) is 11.0. The molecule has 0 radical (unpaired) electrons. The molecule has 1 saturated heterocycles. The van der Waals surface area contributed by atoms with Gasteiger partial charge in [0.1, 0.15) is 5.75 Å². The van der Waals surface area contributed by atoms with Crippen LogP contribution >= 0.6 is 0 Å². The van der Waals surface area contributed by atoms with Gasteiger partial charge < -0.3 is 15.6 Å². The highest BCUT2D eigenvalue weighted by Gasteiger charge is 2.49. The number of methoxy groups -OCH3 is 1. The van der Waals surface area contributed by atoms with Crippen molar-refractivity contribution in [2.45, 2.75) is 43.7 Å². The maximum Gasteiger partial charge on any atom is 0.231 e.